The molecule has 0 aliphatic rings. The van der Waals surface area contributed by atoms with Crippen LogP contribution in [0.4, 0.5) is 0 Å². The predicted octanol–water partition coefficient (Wildman–Crippen LogP) is 2.94. The van der Waals surface area contributed by atoms with Crippen LogP contribution in [-0.2, 0) is 0 Å². The van der Waals surface area contributed by atoms with Crippen LogP contribution >= 0.6 is 11.8 Å². The molecule has 1 unspecified atom stereocenters. The lowest BCUT2D eigenvalue weighted by molar-refractivity contribution is 0.0938. The van der Waals surface area contributed by atoms with Crippen LogP contribution in [0.15, 0.2) is 53.6 Å². The number of nitrogens with zero attached hydrogens (tertiary/aromatic N) is 3. The SMILES string of the molecule is CSc1ccc(C(=O)NC(C)c2nnc3ccccn23)cc1. The maximum absolute atomic E-state index is 12.3. The molecule has 3 rings (SSSR count). The molecule has 5 nitrogen and oxygen atoms in total. The number of carbonyl (C=O) groups is 1. The van der Waals surface area contributed by atoms with Crippen LogP contribution in [0.5, 0.6) is 0 Å². The number of hydrogen-bond acceptors (Lipinski definition) is 4. The fraction of sp³-hybridized carbons (Fsp3) is 0.188. The van der Waals surface area contributed by atoms with E-state index in [1.165, 1.54) is 0 Å². The van der Waals surface area contributed by atoms with Crippen LogP contribution in [0.3, 0.4) is 0 Å². The highest BCUT2D eigenvalue weighted by Gasteiger charge is 2.16. The molecule has 2 aromatic heterocycles. The Labute approximate surface area is 132 Å². The Morgan fingerprint density at radius 2 is 1.95 bits per heavy atom. The average Bonchev–Trinajstić information content (AvgIpc) is 2.99. The minimum atomic E-state index is -0.231. The third kappa shape index (κ3) is 2.82. The summed E-state index contributed by atoms with van der Waals surface area (Å²) in [6.45, 7) is 1.90. The summed E-state index contributed by atoms with van der Waals surface area (Å²) in [5.41, 5.74) is 1.40. The summed E-state index contributed by atoms with van der Waals surface area (Å²) in [6.07, 6.45) is 3.90. The lowest BCUT2D eigenvalue weighted by Crippen LogP contribution is -2.27. The zero-order valence-corrected chi connectivity index (χ0v) is 13.2. The van der Waals surface area contributed by atoms with Gasteiger partial charge in [-0.1, -0.05) is 6.07 Å². The second kappa shape index (κ2) is 6.19. The van der Waals surface area contributed by atoms with E-state index >= 15 is 0 Å². The Morgan fingerprint density at radius 3 is 2.68 bits per heavy atom. The fourth-order valence-corrected chi connectivity index (χ4v) is 2.65. The van der Waals surface area contributed by atoms with Crippen molar-refractivity contribution in [1.82, 2.24) is 19.9 Å². The van der Waals surface area contributed by atoms with E-state index in [1.807, 2.05) is 66.2 Å². The average molecular weight is 312 g/mol. The van der Waals surface area contributed by atoms with E-state index in [-0.39, 0.29) is 11.9 Å². The molecule has 0 aliphatic carbocycles. The van der Waals surface area contributed by atoms with Crippen LogP contribution < -0.4 is 5.32 Å². The van der Waals surface area contributed by atoms with Crippen molar-refractivity contribution in [2.45, 2.75) is 17.9 Å². The van der Waals surface area contributed by atoms with Crippen molar-refractivity contribution >= 4 is 23.3 Å². The van der Waals surface area contributed by atoms with Crippen molar-refractivity contribution in [3.63, 3.8) is 0 Å². The van der Waals surface area contributed by atoms with Crippen molar-refractivity contribution in [2.24, 2.45) is 0 Å². The smallest absolute Gasteiger partial charge is 0.251 e. The third-order valence-corrected chi connectivity index (χ3v) is 4.17. The largest absolute Gasteiger partial charge is 0.342 e. The summed E-state index contributed by atoms with van der Waals surface area (Å²) in [5.74, 6) is 0.595. The van der Waals surface area contributed by atoms with Crippen molar-refractivity contribution in [3.8, 4) is 0 Å². The van der Waals surface area contributed by atoms with Gasteiger partial charge in [-0.2, -0.15) is 0 Å². The molecule has 0 saturated heterocycles. The molecule has 1 aromatic carbocycles. The first-order chi connectivity index (χ1) is 10.7. The summed E-state index contributed by atoms with van der Waals surface area (Å²) in [7, 11) is 0. The normalized spacial score (nSPS) is 12.3. The Bertz CT molecular complexity index is 797. The quantitative estimate of drug-likeness (QED) is 0.753. The number of nitrogens with one attached hydrogen (secondary N) is 1. The molecule has 3 aromatic rings. The maximum atomic E-state index is 12.3. The Kier molecular flexibility index (Phi) is 4.11. The molecule has 0 radical (unpaired) electrons. The maximum Gasteiger partial charge on any atom is 0.251 e. The van der Waals surface area contributed by atoms with Crippen LogP contribution in [0.25, 0.3) is 5.65 Å². The molecule has 0 saturated carbocycles. The molecule has 112 valence electrons. The van der Waals surface area contributed by atoms with Gasteiger partial charge in [0, 0.05) is 16.7 Å². The fourth-order valence-electron chi connectivity index (χ4n) is 2.24. The van der Waals surface area contributed by atoms with Gasteiger partial charge in [0.2, 0.25) is 0 Å². The monoisotopic (exact) mass is 312 g/mol. The number of benzene rings is 1. The third-order valence-electron chi connectivity index (χ3n) is 3.43. The molecular weight excluding hydrogens is 296 g/mol. The van der Waals surface area contributed by atoms with Gasteiger partial charge in [-0.25, -0.2) is 0 Å². The highest BCUT2D eigenvalue weighted by Crippen LogP contribution is 2.16. The number of rotatable bonds is 4. The highest BCUT2D eigenvalue weighted by atomic mass is 32.2. The first kappa shape index (κ1) is 14.6. The van der Waals surface area contributed by atoms with Crippen molar-refractivity contribution in [3.05, 3.63) is 60.0 Å². The molecule has 0 spiro atoms. The Hall–Kier alpha value is -2.34. The molecule has 2 heterocycles. The van der Waals surface area contributed by atoms with E-state index in [1.54, 1.807) is 11.8 Å². The standard InChI is InChI=1S/C16H16N4OS/c1-11(15-19-18-14-5-3-4-10-20(14)15)17-16(21)12-6-8-13(22-2)9-7-12/h3-11H,1-2H3,(H,17,21). The predicted molar refractivity (Wildman–Crippen MR) is 87.1 cm³/mol. The number of aromatic nitrogens is 3. The van der Waals surface area contributed by atoms with E-state index in [9.17, 15) is 4.79 Å². The van der Waals surface area contributed by atoms with Crippen molar-refractivity contribution in [2.75, 3.05) is 6.26 Å². The van der Waals surface area contributed by atoms with Crippen LogP contribution in [0, 0.1) is 0 Å². The van der Waals surface area contributed by atoms with Gasteiger partial charge in [-0.15, -0.1) is 22.0 Å². The van der Waals surface area contributed by atoms with Gasteiger partial charge in [-0.3, -0.25) is 9.20 Å². The molecule has 0 bridgehead atoms. The Balaban J connectivity index is 1.78. The van der Waals surface area contributed by atoms with Gasteiger partial charge in [0.15, 0.2) is 11.5 Å². The topological polar surface area (TPSA) is 59.3 Å². The minimum absolute atomic E-state index is 0.118. The summed E-state index contributed by atoms with van der Waals surface area (Å²) in [4.78, 5) is 13.4. The van der Waals surface area contributed by atoms with Crippen LogP contribution in [0.2, 0.25) is 0 Å². The van der Waals surface area contributed by atoms with Crippen LogP contribution in [-0.4, -0.2) is 26.8 Å². The van der Waals surface area contributed by atoms with Crippen LogP contribution in [0.1, 0.15) is 29.1 Å². The number of hydrogen-bond donors (Lipinski definition) is 1. The lowest BCUT2D eigenvalue weighted by Gasteiger charge is -2.12. The van der Waals surface area contributed by atoms with E-state index in [4.69, 9.17) is 0 Å². The molecule has 22 heavy (non-hydrogen) atoms. The number of thioether (sulfide) groups is 1. The van der Waals surface area contributed by atoms with Gasteiger partial charge >= 0.3 is 0 Å². The molecule has 0 aliphatic heterocycles. The molecule has 1 amide bonds. The van der Waals surface area contributed by atoms with E-state index < -0.39 is 0 Å². The second-order valence-corrected chi connectivity index (χ2v) is 5.79. The molecule has 1 atom stereocenters. The zero-order valence-electron chi connectivity index (χ0n) is 12.4. The minimum Gasteiger partial charge on any atom is -0.342 e. The van der Waals surface area contributed by atoms with E-state index in [2.05, 4.69) is 15.5 Å². The van der Waals surface area contributed by atoms with Gasteiger partial charge in [-0.05, 0) is 49.6 Å². The summed E-state index contributed by atoms with van der Waals surface area (Å²) in [6, 6.07) is 13.0. The molecule has 1 N–H and O–H groups in total. The lowest BCUT2D eigenvalue weighted by atomic mass is 10.2. The molecule has 0 fully saturated rings. The van der Waals surface area contributed by atoms with Crippen molar-refractivity contribution < 1.29 is 4.79 Å². The zero-order chi connectivity index (χ0) is 15.5. The summed E-state index contributed by atoms with van der Waals surface area (Å²) < 4.78 is 1.88. The van der Waals surface area contributed by atoms with Crippen molar-refractivity contribution in [1.29, 1.82) is 0 Å². The summed E-state index contributed by atoms with van der Waals surface area (Å²) in [5, 5.41) is 11.2. The van der Waals surface area contributed by atoms with E-state index in [0.717, 1.165) is 10.5 Å². The number of fused-ring (bicyclic) bond motifs is 1. The molecular formula is C16H16N4OS. The van der Waals surface area contributed by atoms with Gasteiger partial charge in [0.25, 0.3) is 5.91 Å². The molecule has 6 heteroatoms. The second-order valence-electron chi connectivity index (χ2n) is 4.91. The van der Waals surface area contributed by atoms with Gasteiger partial charge in [0.1, 0.15) is 0 Å². The highest BCUT2D eigenvalue weighted by molar-refractivity contribution is 7.98. The van der Waals surface area contributed by atoms with Gasteiger partial charge < -0.3 is 5.32 Å². The summed E-state index contributed by atoms with van der Waals surface area (Å²) >= 11 is 1.65. The first-order valence-corrected chi connectivity index (χ1v) is 8.16. The van der Waals surface area contributed by atoms with Gasteiger partial charge in [0.05, 0.1) is 6.04 Å². The number of amides is 1. The first-order valence-electron chi connectivity index (χ1n) is 6.93. The number of pyridine rings is 1. The number of carbonyl (C=O) groups excluding carboxylic acids is 1. The Morgan fingerprint density at radius 1 is 1.18 bits per heavy atom. The van der Waals surface area contributed by atoms with E-state index in [0.29, 0.717) is 11.4 Å².